The highest BCUT2D eigenvalue weighted by Crippen LogP contribution is 2.54. The zero-order valence-electron chi connectivity index (χ0n) is 91.2. The molecule has 4 aromatic rings. The molecule has 0 aliphatic carbocycles. The Hall–Kier alpha value is -6.30. The fourth-order valence-corrected chi connectivity index (χ4v) is 18.2. The molecule has 0 radical (unpaired) electrons. The number of aliphatic carboxylic acids is 1. The maximum atomic E-state index is 12.8. The van der Waals surface area contributed by atoms with E-state index in [1.807, 2.05) is 27.7 Å². The van der Waals surface area contributed by atoms with Crippen molar-refractivity contribution in [2.24, 2.45) is 17.2 Å². The molecule has 147 heavy (non-hydrogen) atoms. The molecule has 52 heteroatoms. The summed E-state index contributed by atoms with van der Waals surface area (Å²) in [4.78, 5) is 142. The highest BCUT2D eigenvalue weighted by Gasteiger charge is 2.60. The number of carbonyl (C=O) groups excluding carboxylic acids is 5. The van der Waals surface area contributed by atoms with Gasteiger partial charge in [-0.05, 0) is 237 Å². The Bertz CT molecular complexity index is 4980. The van der Waals surface area contributed by atoms with Gasteiger partial charge in [-0.15, -0.1) is 0 Å². The average Bonchev–Trinajstić information content (AvgIpc) is 1.60. The van der Waals surface area contributed by atoms with Crippen LogP contribution in [0.5, 0.6) is 0 Å². The lowest BCUT2D eigenvalue weighted by Gasteiger charge is -2.37. The number of aromatic nitrogens is 8. The number of ether oxygens (including phenoxy) is 10. The Kier molecular flexibility index (Phi) is 57.6. The van der Waals surface area contributed by atoms with Gasteiger partial charge in [-0.25, -0.2) is 19.2 Å². The number of carbonyl (C=O) groups is 6. The maximum Gasteiger partial charge on any atom is 0.351 e. The molecule has 17 N–H and O–H groups in total. The molecule has 4 aromatic heterocycles. The number of amides is 2. The van der Waals surface area contributed by atoms with Gasteiger partial charge in [0.15, 0.2) is 58.9 Å². The summed E-state index contributed by atoms with van der Waals surface area (Å²) in [7, 11) is 6.12. The molecule has 18 atom stereocenters. The van der Waals surface area contributed by atoms with Gasteiger partial charge >= 0.3 is 28.7 Å². The molecule has 7 saturated heterocycles. The van der Waals surface area contributed by atoms with Crippen LogP contribution in [0.3, 0.4) is 0 Å². The standard InChI is InChI=1S/C23H36N4O7.C22H40N4O5Si.C20H35N4O7P3.C18H30N2O6Si.C7H12O3.C4H12N2.CH4O.ClHS/c1-15(29)8-4-5-9-18(30)25-12-7-6-11-24-17-10-13-27(22(31)26-17)21-20-19(16(14-28)32-21)33-23(2,3)34-20;1-21(2,3)32(6,7)28-14-15-17-18(31-22(4,5)30-17)19(29-15)26-13-10-16(25-20(26)27)24-12-9-8-11-23;1-13(25)6-2-3-7-16(26)22-10-5-4-9-21-15-8-11-24(20(29)23-15)19-18(28)17(27)14(31-19)12-30-34(32)33;1-17(2,3)27(6,7)23-10-11-13-14(26-18(4,5)25-13)15(24-11)20-9-8-12(21)19-16(20)22;1-6(8)4-2-3-5-7(9)10;5-3-1-2-4-6;2*1-2/h10,13,16,19-21,28H,4-9,11-12,14H2,1-3H3,(H,25,30)(H,24,26,31);10,13,15,17-19H,8-9,11-12,14,23H2,1-7H3,(H,24,25,27);8,11,14,17-19,27-28H,2-7,9-10,12,32-33H2,1H3,(H,22,26)(H,21,23,29);8-9,11,13-15H,10H2,1-7H3,(H,19,21,22);2-5H2,1H3,(H,9,10);1-6H2;2H,1H3;2H/t16-,19?,20+,21-;15-,17?,18+,19-;14-,17?,18+,19-;11-,13?,14+,15-;;;;/m1111..../s1/i;;;;;;2D;2T. The monoisotopic (exact) mass is 2220 g/mol. The van der Waals surface area contributed by atoms with Crippen molar-refractivity contribution in [2.45, 2.75) is 384 Å². The molecular weight excluding hydrogens is 2050 g/mol. The second-order valence-corrected chi connectivity index (χ2v) is 56.2. The number of anilines is 3. The molecule has 11 heterocycles. The van der Waals surface area contributed by atoms with Crippen molar-refractivity contribution in [1.82, 2.24) is 48.8 Å². The zero-order valence-corrected chi connectivity index (χ0v) is 96.0. The zero-order chi connectivity index (χ0) is 112. The maximum absolute atomic E-state index is 12.8. The number of thiol groups is 1. The summed E-state index contributed by atoms with van der Waals surface area (Å²) in [6.45, 7) is 43.4. The number of aromatic amines is 1. The molecule has 7 fully saturated rings. The predicted molar refractivity (Wildman–Crippen MR) is 575 cm³/mol. The van der Waals surface area contributed by atoms with Gasteiger partial charge in [-0.3, -0.25) is 42.4 Å². The van der Waals surface area contributed by atoms with Gasteiger partial charge in [-0.2, -0.15) is 15.0 Å². The Balaban J connectivity index is 0.000000387. The van der Waals surface area contributed by atoms with Gasteiger partial charge in [0, 0.05) is 109 Å². The van der Waals surface area contributed by atoms with E-state index in [0.29, 0.717) is 127 Å². The minimum Gasteiger partial charge on any atom is -0.481 e. The van der Waals surface area contributed by atoms with E-state index >= 15 is 0 Å². The lowest BCUT2D eigenvalue weighted by Crippen LogP contribution is -2.44. The summed E-state index contributed by atoms with van der Waals surface area (Å²) in [5.74, 6) is -1.35. The topological polar surface area (TPSA) is 621 Å². The van der Waals surface area contributed by atoms with E-state index in [1.54, 1.807) is 58.3 Å². The molecule has 0 bridgehead atoms. The van der Waals surface area contributed by atoms with Gasteiger partial charge < -0.3 is 144 Å². The van der Waals surface area contributed by atoms with Gasteiger partial charge in [0.2, 0.25) is 13.2 Å². The van der Waals surface area contributed by atoms with E-state index < -0.39 is 150 Å². The van der Waals surface area contributed by atoms with Crippen molar-refractivity contribution in [3.05, 3.63) is 101 Å². The van der Waals surface area contributed by atoms with Gasteiger partial charge in [0.25, 0.3) is 5.56 Å². The van der Waals surface area contributed by atoms with Gasteiger partial charge in [0.05, 0.1) is 34.0 Å². The second-order valence-electron chi connectivity index (χ2n) is 40.7. The number of hydrogen-bond acceptors (Lipinski definition) is 38. The average molecular weight is 2220 g/mol. The number of carboxylic acids is 1. The molecule has 0 saturated carbocycles. The number of H-pyrrole nitrogens is 1. The fourth-order valence-electron chi connectivity index (χ4n) is 15.4. The summed E-state index contributed by atoms with van der Waals surface area (Å²) in [6.07, 6.45) is 9.95. The number of aliphatic hydroxyl groups excluding tert-OH is 4. The Morgan fingerprint density at radius 2 is 0.803 bits per heavy atom. The van der Waals surface area contributed by atoms with Crippen LogP contribution in [-0.2, 0) is 89.5 Å². The number of carboxylic acid groups (broad SMARTS) is 1. The summed E-state index contributed by atoms with van der Waals surface area (Å²) in [5, 5.41) is 57.0. The van der Waals surface area contributed by atoms with E-state index in [2.05, 4.69) is 148 Å². The third-order valence-electron chi connectivity index (χ3n) is 25.1. The molecule has 2 amide bonds. The van der Waals surface area contributed by atoms with Crippen molar-refractivity contribution < 1.29 is 115 Å². The molecule has 45 nitrogen and oxygen atoms in total. The van der Waals surface area contributed by atoms with Crippen molar-refractivity contribution in [3.8, 4) is 0 Å². The smallest absolute Gasteiger partial charge is 0.351 e. The lowest BCUT2D eigenvalue weighted by atomic mass is 10.1. The Morgan fingerprint density at radius 3 is 1.14 bits per heavy atom. The summed E-state index contributed by atoms with van der Waals surface area (Å²) in [5.41, 5.74) is 13.4. The first-order chi connectivity index (χ1) is 69.9. The SMILES string of the molecule is CC(=O)CCCCC(=O)NCCCCNc1ccn([C@@H]2O[C@H](CO)C3OC(C)(C)O[C@@H]32)c(=O)n1.CC(=O)CCCCC(=O)NCCCCNc1ccn([C@@H]2O[C@H](COP(P)P)C(O)[C@@H]2O)c(=O)n1.CC(=O)CCCCC(=O)O.CC1(C)OC2[C@@H](CO[Si](C)(C)C(C)(C)C)O[C@@H](n3ccc(=O)[nH]c3=O)[C@H]2O1.CC1(C)OC2[C@@H](CO[Si](C)(C)C(C)(C)C)O[C@@H](n3ccc(NCCCCN)nc3=O)[C@H]2O1.NCCCCN.[2H]OC.[3H]SCl. The van der Waals surface area contributed by atoms with E-state index in [0.717, 1.165) is 94.8 Å². The fraction of sp³-hybridized carbons (Fsp3) is 0.768. The molecule has 11 rings (SSSR count). The van der Waals surface area contributed by atoms with Crippen LogP contribution in [0.25, 0.3) is 0 Å². The molecular formula is C95H170ClN16O29P3SSi2. The minimum atomic E-state index is -1.96. The van der Waals surface area contributed by atoms with Crippen LogP contribution >= 0.6 is 47.8 Å². The first kappa shape index (κ1) is 129. The number of Topliss-reactive ketones (excluding diaryl/α,β-unsaturated/α-hetero) is 3. The number of fused-ring (bicyclic) bond motifs is 3. The molecule has 0 spiro atoms. The van der Waals surface area contributed by atoms with Crippen molar-refractivity contribution >= 4 is 117 Å². The van der Waals surface area contributed by atoms with Crippen molar-refractivity contribution in [2.75, 3.05) is 102 Å². The first-order valence-electron chi connectivity index (χ1n) is 51.0. The Labute approximate surface area is 883 Å². The Morgan fingerprint density at radius 1 is 0.497 bits per heavy atom. The number of nitrogens with one attached hydrogen (secondary N) is 6. The van der Waals surface area contributed by atoms with Crippen LogP contribution in [-0.4, -0.2) is 295 Å². The molecule has 840 valence electrons. The molecule has 7 aliphatic rings. The number of halogens is 1. The van der Waals surface area contributed by atoms with E-state index in [9.17, 15) is 68.1 Å². The third-order valence-corrected chi connectivity index (χ3v) is 35.5. The highest BCUT2D eigenvalue weighted by atomic mass is 35.7. The summed E-state index contributed by atoms with van der Waals surface area (Å²) < 4.78 is 95.1. The quantitative estimate of drug-likeness (QED) is 0.00849. The lowest BCUT2D eigenvalue weighted by molar-refractivity contribution is -0.200. The van der Waals surface area contributed by atoms with Crippen LogP contribution in [0, 0.1) is 0 Å². The number of nitrogens with zero attached hydrogens (tertiary/aromatic N) is 7. The molecule has 7 aliphatic heterocycles. The van der Waals surface area contributed by atoms with Crippen molar-refractivity contribution in [1.29, 1.82) is 2.55 Å². The molecule has 0 aromatic carbocycles. The largest absolute Gasteiger partial charge is 0.481 e. The van der Waals surface area contributed by atoms with Crippen LogP contribution in [0.1, 0.15) is 257 Å². The summed E-state index contributed by atoms with van der Waals surface area (Å²) >= 11 is 0.472. The van der Waals surface area contributed by atoms with E-state index in [-0.39, 0.29) is 83.3 Å². The van der Waals surface area contributed by atoms with Crippen LogP contribution in [0.15, 0.2) is 73.0 Å². The van der Waals surface area contributed by atoms with E-state index in [4.69, 9.17) is 85.6 Å². The molecule has 6 unspecified atom stereocenters. The number of rotatable bonds is 49. The predicted octanol–water partition coefficient (Wildman–Crippen LogP) is 8.82. The van der Waals surface area contributed by atoms with Crippen LogP contribution in [0.4, 0.5) is 17.5 Å². The number of unbranched alkanes of at least 4 members (excludes halogenated alkanes) is 7. The first-order valence-corrected chi connectivity index (χ1v) is 61.7. The van der Waals surface area contributed by atoms with Gasteiger partial charge in [-0.1, -0.05) is 71.1 Å². The minimum absolute atomic E-state index is 0.00151. The number of nitrogens with two attached hydrogens (primary N) is 3. The number of aliphatic hydroxyl groups is 4. The second kappa shape index (κ2) is 65.4. The van der Waals surface area contributed by atoms with Crippen molar-refractivity contribution in [3.63, 3.8) is 0 Å². The summed E-state index contributed by atoms with van der Waals surface area (Å²) in [6, 6.07) is 6.36. The van der Waals surface area contributed by atoms with E-state index in [1.165, 1.54) is 46.2 Å². The van der Waals surface area contributed by atoms with Crippen LogP contribution < -0.4 is 72.1 Å². The number of hydrogen-bond donors (Lipinski definition) is 15. The normalized spacial score (nSPS) is 23.8. The van der Waals surface area contributed by atoms with Crippen LogP contribution in [0.2, 0.25) is 36.3 Å². The highest BCUT2D eigenvalue weighted by molar-refractivity contribution is 8.41. The van der Waals surface area contributed by atoms with Gasteiger partial charge in [0.1, 0.15) is 109 Å². The third kappa shape index (κ3) is 45.7. The number of ketones is 3.